The van der Waals surface area contributed by atoms with Crippen LogP contribution < -0.4 is 10.6 Å². The SMILES string of the molecule is O=C(NCCc1ccco1)C(=O)NCCC1CCCCN1S(=O)(=O)c1cccs1. The number of hydrogen-bond donors (Lipinski definition) is 2. The van der Waals surface area contributed by atoms with Gasteiger partial charge in [0.1, 0.15) is 9.97 Å². The van der Waals surface area contributed by atoms with E-state index in [1.807, 2.05) is 0 Å². The summed E-state index contributed by atoms with van der Waals surface area (Å²) in [7, 11) is -3.52. The first-order valence-corrected chi connectivity index (χ1v) is 11.9. The van der Waals surface area contributed by atoms with E-state index < -0.39 is 21.8 Å². The summed E-state index contributed by atoms with van der Waals surface area (Å²) in [5.41, 5.74) is 0. The van der Waals surface area contributed by atoms with Gasteiger partial charge in [0.05, 0.1) is 6.26 Å². The van der Waals surface area contributed by atoms with Crippen LogP contribution in [0.5, 0.6) is 0 Å². The molecule has 3 rings (SSSR count). The highest BCUT2D eigenvalue weighted by Crippen LogP contribution is 2.28. The number of nitrogens with zero attached hydrogens (tertiary/aromatic N) is 1. The van der Waals surface area contributed by atoms with Crippen LogP contribution in [0.1, 0.15) is 31.4 Å². The Labute approximate surface area is 174 Å². The number of carbonyl (C=O) groups excluding carboxylic acids is 2. The summed E-state index contributed by atoms with van der Waals surface area (Å²) in [4.78, 5) is 23.8. The molecule has 0 radical (unpaired) electrons. The minimum Gasteiger partial charge on any atom is -0.469 e. The Morgan fingerprint density at radius 3 is 2.62 bits per heavy atom. The van der Waals surface area contributed by atoms with Crippen LogP contribution in [-0.2, 0) is 26.0 Å². The number of nitrogens with one attached hydrogen (secondary N) is 2. The lowest BCUT2D eigenvalue weighted by Crippen LogP contribution is -2.46. The highest BCUT2D eigenvalue weighted by Gasteiger charge is 2.33. The maximum absolute atomic E-state index is 12.9. The molecule has 158 valence electrons. The van der Waals surface area contributed by atoms with Crippen LogP contribution in [0, 0.1) is 0 Å². The van der Waals surface area contributed by atoms with Gasteiger partial charge in [-0.3, -0.25) is 9.59 Å². The molecule has 2 N–H and O–H groups in total. The predicted molar refractivity (Wildman–Crippen MR) is 109 cm³/mol. The van der Waals surface area contributed by atoms with E-state index in [1.165, 1.54) is 15.6 Å². The molecule has 29 heavy (non-hydrogen) atoms. The van der Waals surface area contributed by atoms with Crippen LogP contribution in [-0.4, -0.2) is 50.2 Å². The van der Waals surface area contributed by atoms with Gasteiger partial charge in [-0.15, -0.1) is 11.3 Å². The Morgan fingerprint density at radius 2 is 1.93 bits per heavy atom. The molecule has 10 heteroatoms. The number of thiophene rings is 1. The molecule has 1 aliphatic heterocycles. The van der Waals surface area contributed by atoms with Gasteiger partial charge in [-0.25, -0.2) is 8.42 Å². The molecule has 1 fully saturated rings. The molecule has 1 aliphatic rings. The van der Waals surface area contributed by atoms with Crippen LogP contribution in [0.15, 0.2) is 44.5 Å². The van der Waals surface area contributed by atoms with Crippen LogP contribution in [0.25, 0.3) is 0 Å². The predicted octanol–water partition coefficient (Wildman–Crippen LogP) is 1.75. The summed E-state index contributed by atoms with van der Waals surface area (Å²) < 4.78 is 32.8. The zero-order chi connectivity index (χ0) is 20.7. The molecule has 1 unspecified atom stereocenters. The van der Waals surface area contributed by atoms with Crippen LogP contribution >= 0.6 is 11.3 Å². The molecule has 0 saturated carbocycles. The van der Waals surface area contributed by atoms with E-state index in [0.29, 0.717) is 30.1 Å². The molecule has 0 bridgehead atoms. The standard InChI is InChI=1S/C19H25N3O5S2/c23-18(19(24)21-11-9-16-6-3-13-27-16)20-10-8-15-5-1-2-12-22(15)29(25,26)17-7-4-14-28-17/h3-4,6-7,13-15H,1-2,5,8-12H2,(H,20,23)(H,21,24). The minimum atomic E-state index is -3.52. The van der Waals surface area contributed by atoms with Crippen molar-refractivity contribution in [2.45, 2.75) is 42.4 Å². The van der Waals surface area contributed by atoms with E-state index in [2.05, 4.69) is 10.6 Å². The highest BCUT2D eigenvalue weighted by molar-refractivity contribution is 7.91. The lowest BCUT2D eigenvalue weighted by atomic mass is 10.0. The van der Waals surface area contributed by atoms with Crippen molar-refractivity contribution in [3.8, 4) is 0 Å². The third-order valence-corrected chi connectivity index (χ3v) is 8.16. The zero-order valence-corrected chi connectivity index (χ0v) is 17.6. The van der Waals surface area contributed by atoms with Crippen molar-refractivity contribution in [2.75, 3.05) is 19.6 Å². The number of furan rings is 1. The van der Waals surface area contributed by atoms with Crippen LogP contribution in [0.3, 0.4) is 0 Å². The van der Waals surface area contributed by atoms with E-state index in [-0.39, 0.29) is 12.6 Å². The molecule has 2 aromatic rings. The molecule has 1 atom stereocenters. The zero-order valence-electron chi connectivity index (χ0n) is 16.0. The fraction of sp³-hybridized carbons (Fsp3) is 0.474. The first-order valence-electron chi connectivity index (χ1n) is 9.62. The summed E-state index contributed by atoms with van der Waals surface area (Å²) in [6, 6.07) is 6.71. The Kier molecular flexibility index (Phi) is 7.45. The summed E-state index contributed by atoms with van der Waals surface area (Å²) >= 11 is 1.21. The van der Waals surface area contributed by atoms with Crippen LogP contribution in [0.4, 0.5) is 0 Å². The molecule has 3 heterocycles. The van der Waals surface area contributed by atoms with Gasteiger partial charge in [0.25, 0.3) is 10.0 Å². The molecule has 1 saturated heterocycles. The van der Waals surface area contributed by atoms with Gasteiger partial charge >= 0.3 is 11.8 Å². The van der Waals surface area contributed by atoms with Crippen molar-refractivity contribution in [1.29, 1.82) is 0 Å². The summed E-state index contributed by atoms with van der Waals surface area (Å²) in [5.74, 6) is -0.689. The van der Waals surface area contributed by atoms with Crippen molar-refractivity contribution in [2.24, 2.45) is 0 Å². The fourth-order valence-electron chi connectivity index (χ4n) is 3.37. The van der Waals surface area contributed by atoms with Crippen molar-refractivity contribution in [3.63, 3.8) is 0 Å². The largest absolute Gasteiger partial charge is 0.469 e. The van der Waals surface area contributed by atoms with Crippen molar-refractivity contribution >= 4 is 33.2 Å². The summed E-state index contributed by atoms with van der Waals surface area (Å²) in [6.45, 7) is 1.02. The third kappa shape index (κ3) is 5.68. The van der Waals surface area contributed by atoms with Crippen molar-refractivity contribution < 1.29 is 22.4 Å². The highest BCUT2D eigenvalue weighted by atomic mass is 32.2. The maximum atomic E-state index is 12.9. The second-order valence-electron chi connectivity index (χ2n) is 6.83. The first-order chi connectivity index (χ1) is 14.0. The van der Waals surface area contributed by atoms with Gasteiger partial charge in [-0.1, -0.05) is 12.5 Å². The minimum absolute atomic E-state index is 0.182. The Morgan fingerprint density at radius 1 is 1.14 bits per heavy atom. The molecule has 0 aromatic carbocycles. The molecular weight excluding hydrogens is 414 g/mol. The van der Waals surface area contributed by atoms with Gasteiger partial charge in [-0.05, 0) is 42.8 Å². The molecule has 0 spiro atoms. The quantitative estimate of drug-likeness (QED) is 0.609. The van der Waals surface area contributed by atoms with E-state index in [1.54, 1.807) is 35.9 Å². The third-order valence-electron chi connectivity index (χ3n) is 4.84. The van der Waals surface area contributed by atoms with Crippen molar-refractivity contribution in [1.82, 2.24) is 14.9 Å². The lowest BCUT2D eigenvalue weighted by Gasteiger charge is -2.34. The normalized spacial score (nSPS) is 17.7. The number of sulfonamides is 1. The number of hydrogen-bond acceptors (Lipinski definition) is 6. The van der Waals surface area contributed by atoms with Crippen molar-refractivity contribution in [3.05, 3.63) is 41.7 Å². The maximum Gasteiger partial charge on any atom is 0.309 e. The second kappa shape index (κ2) is 10.0. The Balaban J connectivity index is 1.45. The lowest BCUT2D eigenvalue weighted by molar-refractivity contribution is -0.139. The monoisotopic (exact) mass is 439 g/mol. The summed E-state index contributed by atoms with van der Waals surface area (Å²) in [5, 5.41) is 6.88. The topological polar surface area (TPSA) is 109 Å². The van der Waals surface area contributed by atoms with E-state index in [0.717, 1.165) is 25.0 Å². The smallest absolute Gasteiger partial charge is 0.309 e. The molecule has 2 amide bonds. The van der Waals surface area contributed by atoms with Gasteiger partial charge in [0.2, 0.25) is 0 Å². The first kappa shape index (κ1) is 21.5. The van der Waals surface area contributed by atoms with E-state index in [4.69, 9.17) is 4.42 Å². The van der Waals surface area contributed by atoms with Gasteiger partial charge in [0, 0.05) is 32.1 Å². The van der Waals surface area contributed by atoms with Gasteiger partial charge < -0.3 is 15.1 Å². The van der Waals surface area contributed by atoms with Gasteiger partial charge in [0.15, 0.2) is 0 Å². The molecular formula is C19H25N3O5S2. The Bertz CT molecular complexity index is 894. The van der Waals surface area contributed by atoms with E-state index >= 15 is 0 Å². The van der Waals surface area contributed by atoms with Crippen LogP contribution in [0.2, 0.25) is 0 Å². The molecule has 8 nitrogen and oxygen atoms in total. The average Bonchev–Trinajstić information content (AvgIpc) is 3.42. The number of carbonyl (C=O) groups is 2. The number of amides is 2. The van der Waals surface area contributed by atoms with E-state index in [9.17, 15) is 18.0 Å². The fourth-order valence-corrected chi connectivity index (χ4v) is 6.21. The number of rotatable bonds is 8. The average molecular weight is 440 g/mol. The van der Waals surface area contributed by atoms with Gasteiger partial charge in [-0.2, -0.15) is 4.31 Å². The second-order valence-corrected chi connectivity index (χ2v) is 9.89. The molecule has 2 aromatic heterocycles. The number of piperidine rings is 1. The molecule has 0 aliphatic carbocycles. The summed E-state index contributed by atoms with van der Waals surface area (Å²) in [6.07, 6.45) is 5.04. The Hall–Kier alpha value is -2.17.